The van der Waals surface area contributed by atoms with Gasteiger partial charge in [-0.25, -0.2) is 0 Å². The summed E-state index contributed by atoms with van der Waals surface area (Å²) in [7, 11) is 1.65. The number of aliphatic hydroxyl groups is 1. The molecule has 3 heteroatoms. The lowest BCUT2D eigenvalue weighted by Crippen LogP contribution is -2.24. The molecule has 1 unspecified atom stereocenters. The van der Waals surface area contributed by atoms with Crippen molar-refractivity contribution in [2.45, 2.75) is 39.1 Å². The summed E-state index contributed by atoms with van der Waals surface area (Å²) >= 11 is 0. The SMILES string of the molecule is COc1ccc(C(OC(C)(C)C)c2ccccc2CO)cc1. The second-order valence-corrected chi connectivity index (χ2v) is 6.24. The lowest BCUT2D eigenvalue weighted by Gasteiger charge is -2.29. The van der Waals surface area contributed by atoms with Crippen molar-refractivity contribution in [3.05, 3.63) is 65.2 Å². The Hall–Kier alpha value is -1.84. The average Bonchev–Trinajstić information content (AvgIpc) is 2.52. The molecule has 2 aromatic carbocycles. The van der Waals surface area contributed by atoms with Crippen molar-refractivity contribution >= 4 is 0 Å². The van der Waals surface area contributed by atoms with Gasteiger partial charge in [0.2, 0.25) is 0 Å². The van der Waals surface area contributed by atoms with Crippen LogP contribution in [0.5, 0.6) is 5.75 Å². The van der Waals surface area contributed by atoms with E-state index in [0.717, 1.165) is 22.4 Å². The van der Waals surface area contributed by atoms with Gasteiger partial charge in [0.25, 0.3) is 0 Å². The molecule has 0 aliphatic carbocycles. The number of aliphatic hydroxyl groups excluding tert-OH is 1. The van der Waals surface area contributed by atoms with Crippen molar-refractivity contribution in [2.75, 3.05) is 7.11 Å². The highest BCUT2D eigenvalue weighted by molar-refractivity contribution is 5.38. The summed E-state index contributed by atoms with van der Waals surface area (Å²) in [5.41, 5.74) is 2.61. The normalized spacial score (nSPS) is 13.0. The molecular formula is C19H24O3. The highest BCUT2D eigenvalue weighted by Gasteiger charge is 2.24. The van der Waals surface area contributed by atoms with Crippen molar-refractivity contribution < 1.29 is 14.6 Å². The first kappa shape index (κ1) is 16.5. The van der Waals surface area contributed by atoms with Gasteiger partial charge >= 0.3 is 0 Å². The third kappa shape index (κ3) is 4.09. The number of methoxy groups -OCH3 is 1. The maximum atomic E-state index is 9.62. The monoisotopic (exact) mass is 300 g/mol. The van der Waals surface area contributed by atoms with E-state index in [1.807, 2.05) is 69.3 Å². The quantitative estimate of drug-likeness (QED) is 0.904. The van der Waals surface area contributed by atoms with Crippen LogP contribution in [0.4, 0.5) is 0 Å². The highest BCUT2D eigenvalue weighted by atomic mass is 16.5. The van der Waals surface area contributed by atoms with Gasteiger partial charge in [-0.1, -0.05) is 36.4 Å². The maximum absolute atomic E-state index is 9.62. The van der Waals surface area contributed by atoms with Crippen LogP contribution in [-0.2, 0) is 11.3 Å². The Morgan fingerprint density at radius 3 is 2.18 bits per heavy atom. The molecule has 0 amide bonds. The summed E-state index contributed by atoms with van der Waals surface area (Å²) in [6, 6.07) is 15.7. The molecule has 0 aliphatic rings. The minimum atomic E-state index is -0.298. The smallest absolute Gasteiger partial charge is 0.118 e. The molecule has 0 radical (unpaired) electrons. The second-order valence-electron chi connectivity index (χ2n) is 6.24. The molecule has 0 aliphatic heterocycles. The van der Waals surface area contributed by atoms with Crippen LogP contribution in [0.3, 0.4) is 0 Å². The summed E-state index contributed by atoms with van der Waals surface area (Å²) < 4.78 is 11.5. The summed E-state index contributed by atoms with van der Waals surface area (Å²) in [6.07, 6.45) is -0.228. The molecule has 0 bridgehead atoms. The van der Waals surface area contributed by atoms with Crippen molar-refractivity contribution in [3.63, 3.8) is 0 Å². The summed E-state index contributed by atoms with van der Waals surface area (Å²) in [5, 5.41) is 9.62. The van der Waals surface area contributed by atoms with Gasteiger partial charge in [-0.3, -0.25) is 0 Å². The first-order chi connectivity index (χ1) is 10.4. The van der Waals surface area contributed by atoms with Gasteiger partial charge in [-0.15, -0.1) is 0 Å². The zero-order valence-corrected chi connectivity index (χ0v) is 13.7. The van der Waals surface area contributed by atoms with Crippen LogP contribution < -0.4 is 4.74 Å². The number of rotatable bonds is 5. The van der Waals surface area contributed by atoms with E-state index < -0.39 is 0 Å². The van der Waals surface area contributed by atoms with Crippen molar-refractivity contribution in [1.82, 2.24) is 0 Å². The second kappa shape index (κ2) is 6.95. The number of ether oxygens (including phenoxy) is 2. The lowest BCUT2D eigenvalue weighted by molar-refractivity contribution is -0.0436. The number of hydrogen-bond acceptors (Lipinski definition) is 3. The van der Waals surface area contributed by atoms with Gasteiger partial charge in [-0.2, -0.15) is 0 Å². The third-order valence-corrected chi connectivity index (χ3v) is 3.40. The van der Waals surface area contributed by atoms with E-state index in [1.54, 1.807) is 7.11 Å². The molecule has 1 atom stereocenters. The van der Waals surface area contributed by atoms with Crippen LogP contribution in [0.1, 0.15) is 43.6 Å². The topological polar surface area (TPSA) is 38.7 Å². The molecule has 1 N–H and O–H groups in total. The Labute approximate surface area is 132 Å². The zero-order chi connectivity index (χ0) is 16.2. The van der Waals surface area contributed by atoms with Crippen LogP contribution in [0.25, 0.3) is 0 Å². The fraction of sp³-hybridized carbons (Fsp3) is 0.368. The largest absolute Gasteiger partial charge is 0.497 e. The van der Waals surface area contributed by atoms with Crippen LogP contribution in [0.15, 0.2) is 48.5 Å². The van der Waals surface area contributed by atoms with Crippen LogP contribution in [0, 0.1) is 0 Å². The van der Waals surface area contributed by atoms with Crippen LogP contribution in [-0.4, -0.2) is 17.8 Å². The standard InChI is InChI=1S/C19H24O3/c1-19(2,3)22-18(14-9-11-16(21-4)12-10-14)17-8-6-5-7-15(17)13-20/h5-12,18,20H,13H2,1-4H3. The van der Waals surface area contributed by atoms with Crippen molar-refractivity contribution in [2.24, 2.45) is 0 Å². The van der Waals surface area contributed by atoms with Gasteiger partial charge in [0.1, 0.15) is 11.9 Å². The molecule has 0 saturated heterocycles. The first-order valence-electron chi connectivity index (χ1n) is 7.45. The molecule has 0 saturated carbocycles. The van der Waals surface area contributed by atoms with Crippen LogP contribution in [0.2, 0.25) is 0 Å². The van der Waals surface area contributed by atoms with Gasteiger partial charge in [-0.05, 0) is 49.6 Å². The Balaban J connectivity index is 2.45. The Morgan fingerprint density at radius 1 is 1.00 bits per heavy atom. The summed E-state index contributed by atoms with van der Waals surface area (Å²) in [4.78, 5) is 0. The molecule has 0 fully saturated rings. The van der Waals surface area contributed by atoms with E-state index >= 15 is 0 Å². The number of benzene rings is 2. The molecule has 0 aromatic heterocycles. The van der Waals surface area contributed by atoms with E-state index in [4.69, 9.17) is 9.47 Å². The van der Waals surface area contributed by atoms with Gasteiger partial charge in [0.05, 0.1) is 19.3 Å². The van der Waals surface area contributed by atoms with E-state index in [0.29, 0.717) is 0 Å². The molecule has 118 valence electrons. The molecule has 2 rings (SSSR count). The third-order valence-electron chi connectivity index (χ3n) is 3.40. The lowest BCUT2D eigenvalue weighted by atomic mass is 9.96. The predicted octanol–water partition coefficient (Wildman–Crippen LogP) is 4.09. The Kier molecular flexibility index (Phi) is 5.22. The fourth-order valence-corrected chi connectivity index (χ4v) is 2.38. The number of hydrogen-bond donors (Lipinski definition) is 1. The van der Waals surface area contributed by atoms with Gasteiger partial charge < -0.3 is 14.6 Å². The van der Waals surface area contributed by atoms with Crippen LogP contribution >= 0.6 is 0 Å². The van der Waals surface area contributed by atoms with E-state index in [9.17, 15) is 5.11 Å². The highest BCUT2D eigenvalue weighted by Crippen LogP contribution is 2.33. The van der Waals surface area contributed by atoms with Gasteiger partial charge in [0, 0.05) is 0 Å². The predicted molar refractivity (Wildman–Crippen MR) is 88.0 cm³/mol. The summed E-state index contributed by atoms with van der Waals surface area (Å²) in [5.74, 6) is 0.814. The van der Waals surface area contributed by atoms with Crippen molar-refractivity contribution in [1.29, 1.82) is 0 Å². The van der Waals surface area contributed by atoms with E-state index in [-0.39, 0.29) is 18.3 Å². The van der Waals surface area contributed by atoms with Gasteiger partial charge in [0.15, 0.2) is 0 Å². The van der Waals surface area contributed by atoms with Crippen molar-refractivity contribution in [3.8, 4) is 5.75 Å². The molecular weight excluding hydrogens is 276 g/mol. The van der Waals surface area contributed by atoms with E-state index in [2.05, 4.69) is 0 Å². The van der Waals surface area contributed by atoms with E-state index in [1.165, 1.54) is 0 Å². The molecule has 0 heterocycles. The minimum absolute atomic E-state index is 0.00364. The Morgan fingerprint density at radius 2 is 1.64 bits per heavy atom. The molecule has 22 heavy (non-hydrogen) atoms. The molecule has 3 nitrogen and oxygen atoms in total. The molecule has 2 aromatic rings. The first-order valence-corrected chi connectivity index (χ1v) is 7.45. The zero-order valence-electron chi connectivity index (χ0n) is 13.7. The Bertz CT molecular complexity index is 597. The minimum Gasteiger partial charge on any atom is -0.497 e. The maximum Gasteiger partial charge on any atom is 0.118 e. The fourth-order valence-electron chi connectivity index (χ4n) is 2.38. The molecule has 0 spiro atoms. The summed E-state index contributed by atoms with van der Waals surface area (Å²) in [6.45, 7) is 6.09. The average molecular weight is 300 g/mol.